The van der Waals surface area contributed by atoms with Gasteiger partial charge in [-0.1, -0.05) is 18.2 Å². The first-order chi connectivity index (χ1) is 14.7. The molecule has 1 aromatic heterocycles. The molecule has 31 heavy (non-hydrogen) atoms. The fourth-order valence-electron chi connectivity index (χ4n) is 2.97. The average Bonchev–Trinajstić information content (AvgIpc) is 3.14. The minimum Gasteiger partial charge on any atom is -0.493 e. The number of aromatic nitrogens is 1. The summed E-state index contributed by atoms with van der Waals surface area (Å²) in [5.74, 6) is 0.978. The normalized spacial score (nSPS) is 11.3. The predicted octanol–water partition coefficient (Wildman–Crippen LogP) is 5.13. The van der Waals surface area contributed by atoms with Gasteiger partial charge in [-0.2, -0.15) is 13.2 Å². The van der Waals surface area contributed by atoms with Gasteiger partial charge in [-0.05, 0) is 43.2 Å². The molecule has 0 aliphatic carbocycles. The summed E-state index contributed by atoms with van der Waals surface area (Å²) in [5.41, 5.74) is 1.32. The van der Waals surface area contributed by atoms with Crippen LogP contribution in [0.4, 0.5) is 13.2 Å². The van der Waals surface area contributed by atoms with Crippen LogP contribution in [0, 0.1) is 6.92 Å². The maximum Gasteiger partial charge on any atom is 0.416 e. The standard InChI is InChI=1S/C22H21F3N2O3S/c1-13-19(31-21(27-13)15-5-7-16(8-6-15)22(23,24)25)20(28)26-11-10-14-4-9-17(29-2)18(12-14)30-3/h4-9,12H,10-11H2,1-3H3,(H,26,28). The van der Waals surface area contributed by atoms with Gasteiger partial charge in [-0.25, -0.2) is 4.98 Å². The summed E-state index contributed by atoms with van der Waals surface area (Å²) < 4.78 is 48.7. The molecule has 0 aliphatic heterocycles. The number of halogens is 3. The van der Waals surface area contributed by atoms with E-state index in [9.17, 15) is 18.0 Å². The molecule has 0 unspecified atom stereocenters. The van der Waals surface area contributed by atoms with Crippen molar-refractivity contribution in [2.75, 3.05) is 20.8 Å². The van der Waals surface area contributed by atoms with Crippen molar-refractivity contribution in [3.63, 3.8) is 0 Å². The fourth-order valence-corrected chi connectivity index (χ4v) is 3.96. The van der Waals surface area contributed by atoms with E-state index in [0.29, 0.717) is 45.6 Å². The van der Waals surface area contributed by atoms with Crippen LogP contribution in [0.25, 0.3) is 10.6 Å². The van der Waals surface area contributed by atoms with Crippen LogP contribution in [0.15, 0.2) is 42.5 Å². The number of hydrogen-bond donors (Lipinski definition) is 1. The zero-order valence-corrected chi connectivity index (χ0v) is 18.0. The van der Waals surface area contributed by atoms with Crippen LogP contribution >= 0.6 is 11.3 Å². The highest BCUT2D eigenvalue weighted by Gasteiger charge is 2.30. The highest BCUT2D eigenvalue weighted by molar-refractivity contribution is 7.17. The second kappa shape index (κ2) is 9.38. The molecular formula is C22H21F3N2O3S. The number of aryl methyl sites for hydroxylation is 1. The van der Waals surface area contributed by atoms with Crippen LogP contribution in [0.5, 0.6) is 11.5 Å². The number of hydrogen-bond acceptors (Lipinski definition) is 5. The molecule has 0 fully saturated rings. The number of alkyl halides is 3. The van der Waals surface area contributed by atoms with E-state index in [1.54, 1.807) is 27.2 Å². The Balaban J connectivity index is 1.64. The number of carbonyl (C=O) groups excluding carboxylic acids is 1. The van der Waals surface area contributed by atoms with Crippen molar-refractivity contribution in [3.8, 4) is 22.1 Å². The predicted molar refractivity (Wildman–Crippen MR) is 113 cm³/mol. The molecule has 3 rings (SSSR count). The Hall–Kier alpha value is -3.07. The van der Waals surface area contributed by atoms with Gasteiger partial charge in [0, 0.05) is 12.1 Å². The number of thiazole rings is 1. The lowest BCUT2D eigenvalue weighted by Crippen LogP contribution is -2.25. The summed E-state index contributed by atoms with van der Waals surface area (Å²) in [6.45, 7) is 2.11. The van der Waals surface area contributed by atoms with Crippen LogP contribution in [-0.4, -0.2) is 31.7 Å². The summed E-state index contributed by atoms with van der Waals surface area (Å²) in [6, 6.07) is 10.3. The third-order valence-corrected chi connectivity index (χ3v) is 5.81. The monoisotopic (exact) mass is 450 g/mol. The van der Waals surface area contributed by atoms with Gasteiger partial charge in [0.2, 0.25) is 0 Å². The minimum atomic E-state index is -4.39. The molecule has 2 aromatic carbocycles. The molecule has 5 nitrogen and oxygen atoms in total. The first-order valence-corrected chi connectivity index (χ1v) is 10.2. The van der Waals surface area contributed by atoms with Gasteiger partial charge in [0.1, 0.15) is 9.88 Å². The minimum absolute atomic E-state index is 0.270. The first kappa shape index (κ1) is 22.6. The highest BCUT2D eigenvalue weighted by Crippen LogP contribution is 2.33. The number of nitrogens with zero attached hydrogens (tertiary/aromatic N) is 1. The molecule has 0 radical (unpaired) electrons. The average molecular weight is 450 g/mol. The lowest BCUT2D eigenvalue weighted by Gasteiger charge is -2.10. The number of nitrogens with one attached hydrogen (secondary N) is 1. The molecule has 0 saturated heterocycles. The molecule has 0 atom stereocenters. The molecular weight excluding hydrogens is 429 g/mol. The van der Waals surface area contributed by atoms with E-state index in [1.807, 2.05) is 12.1 Å². The molecule has 1 amide bonds. The Morgan fingerprint density at radius 3 is 2.35 bits per heavy atom. The number of ether oxygens (including phenoxy) is 2. The lowest BCUT2D eigenvalue weighted by molar-refractivity contribution is -0.137. The largest absolute Gasteiger partial charge is 0.493 e. The van der Waals surface area contributed by atoms with Gasteiger partial charge in [0.05, 0.1) is 25.5 Å². The van der Waals surface area contributed by atoms with Crippen LogP contribution in [0.2, 0.25) is 0 Å². The Bertz CT molecular complexity index is 1060. The first-order valence-electron chi connectivity index (χ1n) is 9.37. The van der Waals surface area contributed by atoms with E-state index >= 15 is 0 Å². The van der Waals surface area contributed by atoms with E-state index < -0.39 is 11.7 Å². The summed E-state index contributed by atoms with van der Waals surface area (Å²) in [5, 5.41) is 3.36. The van der Waals surface area contributed by atoms with Crippen LogP contribution < -0.4 is 14.8 Å². The second-order valence-electron chi connectivity index (χ2n) is 6.70. The van der Waals surface area contributed by atoms with Crippen molar-refractivity contribution in [2.24, 2.45) is 0 Å². The Kier molecular flexibility index (Phi) is 6.84. The number of amides is 1. The zero-order valence-electron chi connectivity index (χ0n) is 17.2. The van der Waals surface area contributed by atoms with E-state index in [1.165, 1.54) is 12.1 Å². The van der Waals surface area contributed by atoms with Crippen LogP contribution in [0.1, 0.15) is 26.5 Å². The number of carbonyl (C=O) groups is 1. The van der Waals surface area contributed by atoms with Crippen LogP contribution in [-0.2, 0) is 12.6 Å². The third kappa shape index (κ3) is 5.35. The van der Waals surface area contributed by atoms with E-state index in [2.05, 4.69) is 10.3 Å². The van der Waals surface area contributed by atoms with Crippen molar-refractivity contribution in [3.05, 3.63) is 64.2 Å². The molecule has 0 saturated carbocycles. The van der Waals surface area contributed by atoms with Gasteiger partial charge in [-0.15, -0.1) is 11.3 Å². The van der Waals surface area contributed by atoms with Gasteiger partial charge < -0.3 is 14.8 Å². The Morgan fingerprint density at radius 1 is 1.06 bits per heavy atom. The summed E-state index contributed by atoms with van der Waals surface area (Å²) in [4.78, 5) is 17.4. The number of rotatable bonds is 7. The molecule has 9 heteroatoms. The van der Waals surface area contributed by atoms with E-state index in [4.69, 9.17) is 9.47 Å². The zero-order chi connectivity index (χ0) is 22.6. The summed E-state index contributed by atoms with van der Waals surface area (Å²) >= 11 is 1.15. The Morgan fingerprint density at radius 2 is 1.74 bits per heavy atom. The summed E-state index contributed by atoms with van der Waals surface area (Å²) in [6.07, 6.45) is -3.80. The van der Waals surface area contributed by atoms with Crippen molar-refractivity contribution in [1.29, 1.82) is 0 Å². The molecule has 0 aliphatic rings. The molecule has 3 aromatic rings. The van der Waals surface area contributed by atoms with Gasteiger partial charge in [-0.3, -0.25) is 4.79 Å². The molecule has 164 valence electrons. The topological polar surface area (TPSA) is 60.5 Å². The van der Waals surface area contributed by atoms with Crippen molar-refractivity contribution in [1.82, 2.24) is 10.3 Å². The lowest BCUT2D eigenvalue weighted by atomic mass is 10.1. The third-order valence-electron chi connectivity index (χ3n) is 4.61. The molecule has 1 N–H and O–H groups in total. The van der Waals surface area contributed by atoms with Gasteiger partial charge >= 0.3 is 6.18 Å². The molecule has 0 spiro atoms. The van der Waals surface area contributed by atoms with Gasteiger partial charge in [0.15, 0.2) is 11.5 Å². The molecule has 1 heterocycles. The van der Waals surface area contributed by atoms with Crippen LogP contribution in [0.3, 0.4) is 0 Å². The van der Waals surface area contributed by atoms with Gasteiger partial charge in [0.25, 0.3) is 5.91 Å². The summed E-state index contributed by atoms with van der Waals surface area (Å²) in [7, 11) is 3.12. The fraction of sp³-hybridized carbons (Fsp3) is 0.273. The highest BCUT2D eigenvalue weighted by atomic mass is 32.1. The second-order valence-corrected chi connectivity index (χ2v) is 7.70. The molecule has 0 bridgehead atoms. The number of benzene rings is 2. The van der Waals surface area contributed by atoms with E-state index in [0.717, 1.165) is 29.0 Å². The van der Waals surface area contributed by atoms with Crippen molar-refractivity contribution in [2.45, 2.75) is 19.5 Å². The van der Waals surface area contributed by atoms with Crippen molar-refractivity contribution >= 4 is 17.2 Å². The maximum absolute atomic E-state index is 12.7. The Labute approximate surface area is 181 Å². The SMILES string of the molecule is COc1ccc(CCNC(=O)c2sc(-c3ccc(C(F)(F)F)cc3)nc2C)cc1OC. The smallest absolute Gasteiger partial charge is 0.416 e. The number of methoxy groups -OCH3 is 2. The van der Waals surface area contributed by atoms with E-state index in [-0.39, 0.29) is 5.91 Å². The maximum atomic E-state index is 12.7. The quantitative estimate of drug-likeness (QED) is 0.542. The van der Waals surface area contributed by atoms with Crippen molar-refractivity contribution < 1.29 is 27.4 Å².